The third-order valence-corrected chi connectivity index (χ3v) is 5.03. The van der Waals surface area contributed by atoms with Crippen LogP contribution in [0, 0.1) is 10.1 Å². The van der Waals surface area contributed by atoms with E-state index in [4.69, 9.17) is 4.98 Å². The monoisotopic (exact) mass is 385 g/mol. The molecule has 1 N–H and O–H groups in total. The van der Waals surface area contributed by atoms with Crippen molar-refractivity contribution in [1.29, 1.82) is 0 Å². The van der Waals surface area contributed by atoms with Crippen molar-refractivity contribution in [2.45, 2.75) is 0 Å². The van der Waals surface area contributed by atoms with Crippen LogP contribution in [0.1, 0.15) is 0 Å². The zero-order valence-electron chi connectivity index (χ0n) is 15.4. The van der Waals surface area contributed by atoms with E-state index < -0.39 is 4.92 Å². The van der Waals surface area contributed by atoms with E-state index in [0.29, 0.717) is 27.9 Å². The van der Waals surface area contributed by atoms with Gasteiger partial charge < -0.3 is 5.32 Å². The molecule has 0 saturated carbocycles. The molecule has 142 valence electrons. The van der Waals surface area contributed by atoms with Crippen LogP contribution < -0.4 is 10.9 Å². The average Bonchev–Trinajstić information content (AvgIpc) is 3.13. The maximum Gasteiger partial charge on any atom is 0.269 e. The van der Waals surface area contributed by atoms with E-state index in [2.05, 4.69) is 5.32 Å². The van der Waals surface area contributed by atoms with Gasteiger partial charge in [-0.15, -0.1) is 0 Å². The molecule has 8 heteroatoms. The Labute approximate surface area is 163 Å². The van der Waals surface area contributed by atoms with Crippen molar-refractivity contribution in [1.82, 2.24) is 14.0 Å². The van der Waals surface area contributed by atoms with E-state index >= 15 is 0 Å². The second kappa shape index (κ2) is 6.16. The molecular formula is C21H15N5O3. The Hall–Kier alpha value is -4.20. The van der Waals surface area contributed by atoms with E-state index in [1.54, 1.807) is 22.8 Å². The highest BCUT2D eigenvalue weighted by atomic mass is 16.6. The number of pyridine rings is 2. The summed E-state index contributed by atoms with van der Waals surface area (Å²) in [6.45, 7) is 0. The van der Waals surface area contributed by atoms with E-state index in [0.717, 1.165) is 11.1 Å². The van der Waals surface area contributed by atoms with Crippen molar-refractivity contribution in [3.8, 4) is 5.69 Å². The Bertz CT molecular complexity index is 1480. The minimum Gasteiger partial charge on any atom is -0.387 e. The van der Waals surface area contributed by atoms with Crippen LogP contribution in [0.25, 0.3) is 33.3 Å². The number of nitro benzene ring substituents is 1. The van der Waals surface area contributed by atoms with Gasteiger partial charge in [-0.1, -0.05) is 18.2 Å². The van der Waals surface area contributed by atoms with Crippen LogP contribution in [0.3, 0.4) is 0 Å². The number of hydrogen-bond acceptors (Lipinski definition) is 5. The molecule has 0 atom stereocenters. The number of fused-ring (bicyclic) bond motifs is 5. The summed E-state index contributed by atoms with van der Waals surface area (Å²) in [6, 6.07) is 17.1. The molecule has 3 heterocycles. The van der Waals surface area contributed by atoms with Crippen LogP contribution in [0.5, 0.6) is 0 Å². The lowest BCUT2D eigenvalue weighted by Gasteiger charge is -2.11. The summed E-state index contributed by atoms with van der Waals surface area (Å²) in [5.41, 5.74) is 3.15. The summed E-state index contributed by atoms with van der Waals surface area (Å²) in [5, 5.41) is 15.4. The minimum atomic E-state index is -0.462. The van der Waals surface area contributed by atoms with Crippen LogP contribution in [-0.4, -0.2) is 25.9 Å². The summed E-state index contributed by atoms with van der Waals surface area (Å²) in [5.74, 6) is 0. The molecule has 2 aromatic carbocycles. The molecule has 5 aromatic rings. The summed E-state index contributed by atoms with van der Waals surface area (Å²) >= 11 is 0. The Morgan fingerprint density at radius 2 is 1.72 bits per heavy atom. The number of benzene rings is 2. The predicted molar refractivity (Wildman–Crippen MR) is 112 cm³/mol. The molecule has 3 aromatic heterocycles. The molecule has 0 aliphatic rings. The van der Waals surface area contributed by atoms with Gasteiger partial charge in [0.05, 0.1) is 16.3 Å². The lowest BCUT2D eigenvalue weighted by atomic mass is 10.1. The van der Waals surface area contributed by atoms with Gasteiger partial charge in [0.25, 0.3) is 11.2 Å². The first-order chi connectivity index (χ1) is 14.1. The van der Waals surface area contributed by atoms with Gasteiger partial charge in [0, 0.05) is 36.1 Å². The highest BCUT2D eigenvalue weighted by Gasteiger charge is 2.18. The van der Waals surface area contributed by atoms with Gasteiger partial charge in [-0.3, -0.25) is 23.9 Å². The van der Waals surface area contributed by atoms with Crippen LogP contribution in [0.15, 0.2) is 71.7 Å². The van der Waals surface area contributed by atoms with Gasteiger partial charge in [0.2, 0.25) is 0 Å². The molecule has 5 rings (SSSR count). The second-order valence-corrected chi connectivity index (χ2v) is 6.64. The second-order valence-electron chi connectivity index (χ2n) is 6.64. The maximum absolute atomic E-state index is 13.4. The number of rotatable bonds is 3. The SMILES string of the molecule is CNc1ccc2nc3c4ccccc4c(=O)n(-c4ccc([N+](=O)[O-])cc4)c3n2c1. The highest BCUT2D eigenvalue weighted by Crippen LogP contribution is 2.27. The molecule has 0 bridgehead atoms. The molecule has 0 aliphatic carbocycles. The lowest BCUT2D eigenvalue weighted by molar-refractivity contribution is -0.384. The molecule has 0 saturated heterocycles. The van der Waals surface area contributed by atoms with Gasteiger partial charge in [-0.05, 0) is 30.3 Å². The Kier molecular flexibility index (Phi) is 3.60. The first-order valence-electron chi connectivity index (χ1n) is 8.96. The van der Waals surface area contributed by atoms with Crippen LogP contribution in [-0.2, 0) is 0 Å². The molecule has 29 heavy (non-hydrogen) atoms. The largest absolute Gasteiger partial charge is 0.387 e. The zero-order valence-corrected chi connectivity index (χ0v) is 15.4. The van der Waals surface area contributed by atoms with Crippen molar-refractivity contribution in [3.63, 3.8) is 0 Å². The van der Waals surface area contributed by atoms with E-state index in [1.165, 1.54) is 12.1 Å². The van der Waals surface area contributed by atoms with Crippen LogP contribution >= 0.6 is 0 Å². The van der Waals surface area contributed by atoms with Crippen molar-refractivity contribution in [3.05, 3.63) is 87.3 Å². The van der Waals surface area contributed by atoms with Crippen molar-refractivity contribution < 1.29 is 4.92 Å². The summed E-state index contributed by atoms with van der Waals surface area (Å²) in [4.78, 5) is 28.7. The van der Waals surface area contributed by atoms with E-state index in [1.807, 2.05) is 48.0 Å². The van der Waals surface area contributed by atoms with Gasteiger partial charge >= 0.3 is 0 Å². The topological polar surface area (TPSA) is 94.5 Å². The van der Waals surface area contributed by atoms with Gasteiger partial charge in [0.1, 0.15) is 11.2 Å². The zero-order chi connectivity index (χ0) is 20.1. The fourth-order valence-electron chi connectivity index (χ4n) is 3.63. The number of imidazole rings is 1. The predicted octanol–water partition coefficient (Wildman–Crippen LogP) is 3.74. The molecule has 0 radical (unpaired) electrons. The number of nitrogens with zero attached hydrogens (tertiary/aromatic N) is 4. The van der Waals surface area contributed by atoms with Gasteiger partial charge in [-0.2, -0.15) is 0 Å². The molecule has 0 spiro atoms. The molecule has 0 aliphatic heterocycles. The van der Waals surface area contributed by atoms with Crippen LogP contribution in [0.4, 0.5) is 11.4 Å². The van der Waals surface area contributed by atoms with Gasteiger partial charge in [-0.25, -0.2) is 4.98 Å². The maximum atomic E-state index is 13.4. The van der Waals surface area contributed by atoms with E-state index in [-0.39, 0.29) is 11.2 Å². The van der Waals surface area contributed by atoms with Crippen molar-refractivity contribution >= 4 is 39.0 Å². The number of anilines is 1. The molecule has 0 amide bonds. The standard InChI is InChI=1S/C21H15N5O3/c1-22-13-6-11-18-23-19-16-4-2-3-5-17(16)21(27)25(20(19)24(18)12-13)14-7-9-15(10-8-14)26(28)29/h2-12,22H,1H3. The highest BCUT2D eigenvalue weighted by molar-refractivity contribution is 6.04. The summed E-state index contributed by atoms with van der Waals surface area (Å²) in [7, 11) is 1.82. The quantitative estimate of drug-likeness (QED) is 0.377. The summed E-state index contributed by atoms with van der Waals surface area (Å²) in [6.07, 6.45) is 1.88. The number of aromatic nitrogens is 3. The molecular weight excluding hydrogens is 370 g/mol. The molecule has 0 fully saturated rings. The molecule has 8 nitrogen and oxygen atoms in total. The Morgan fingerprint density at radius 1 is 1.00 bits per heavy atom. The number of hydrogen-bond donors (Lipinski definition) is 1. The fourth-order valence-corrected chi connectivity index (χ4v) is 3.63. The third-order valence-electron chi connectivity index (χ3n) is 5.03. The normalized spacial score (nSPS) is 11.3. The third kappa shape index (κ3) is 2.46. The van der Waals surface area contributed by atoms with Crippen molar-refractivity contribution in [2.24, 2.45) is 0 Å². The Morgan fingerprint density at radius 3 is 2.41 bits per heavy atom. The number of nitrogens with one attached hydrogen (secondary N) is 1. The first-order valence-corrected chi connectivity index (χ1v) is 8.96. The van der Waals surface area contributed by atoms with Crippen LogP contribution in [0.2, 0.25) is 0 Å². The number of nitro groups is 1. The summed E-state index contributed by atoms with van der Waals surface area (Å²) < 4.78 is 3.41. The lowest BCUT2D eigenvalue weighted by Crippen LogP contribution is -2.20. The smallest absolute Gasteiger partial charge is 0.269 e. The Balaban J connectivity index is 1.98. The first kappa shape index (κ1) is 16.9. The fraction of sp³-hybridized carbons (Fsp3) is 0.0476. The van der Waals surface area contributed by atoms with E-state index in [9.17, 15) is 14.9 Å². The van der Waals surface area contributed by atoms with Gasteiger partial charge in [0.15, 0.2) is 5.65 Å². The average molecular weight is 385 g/mol. The molecule has 0 unspecified atom stereocenters. The van der Waals surface area contributed by atoms with Crippen molar-refractivity contribution in [2.75, 3.05) is 12.4 Å². The minimum absolute atomic E-state index is 0.0329. The number of non-ortho nitro benzene ring substituents is 1.